The molecular weight excluding hydrogens is 310 g/mol. The monoisotopic (exact) mass is 329 g/mol. The summed E-state index contributed by atoms with van der Waals surface area (Å²) in [6.07, 6.45) is -0.159. The summed E-state index contributed by atoms with van der Waals surface area (Å²) in [5, 5.41) is 12.1. The molecule has 2 rings (SSSR count). The lowest BCUT2D eigenvalue weighted by Crippen LogP contribution is -2.20. The minimum absolute atomic E-state index is 0.159. The number of rotatable bonds is 7. The van der Waals surface area contributed by atoms with E-state index in [2.05, 4.69) is 5.32 Å². The van der Waals surface area contributed by atoms with E-state index in [9.17, 15) is 14.7 Å². The van der Waals surface area contributed by atoms with Crippen molar-refractivity contribution in [3.8, 4) is 11.5 Å². The molecule has 6 nitrogen and oxygen atoms in total. The SMILES string of the molecule is COc1ccc(NC(=O)CC(C(=O)O)c2ccc(OC)cc2)cc1. The predicted octanol–water partition coefficient (Wildman–Crippen LogP) is 2.90. The van der Waals surface area contributed by atoms with Gasteiger partial charge in [-0.2, -0.15) is 0 Å². The minimum Gasteiger partial charge on any atom is -0.497 e. The number of anilines is 1. The van der Waals surface area contributed by atoms with Crippen molar-refractivity contribution in [1.82, 2.24) is 0 Å². The molecule has 0 fully saturated rings. The first-order valence-electron chi connectivity index (χ1n) is 7.34. The molecule has 24 heavy (non-hydrogen) atoms. The molecule has 0 heterocycles. The van der Waals surface area contributed by atoms with Gasteiger partial charge < -0.3 is 19.9 Å². The first-order valence-corrected chi connectivity index (χ1v) is 7.34. The zero-order valence-electron chi connectivity index (χ0n) is 13.5. The smallest absolute Gasteiger partial charge is 0.311 e. The van der Waals surface area contributed by atoms with E-state index < -0.39 is 11.9 Å². The molecule has 0 bridgehead atoms. The van der Waals surface area contributed by atoms with Crippen molar-refractivity contribution in [2.24, 2.45) is 0 Å². The average molecular weight is 329 g/mol. The van der Waals surface area contributed by atoms with Crippen LogP contribution in [0.3, 0.4) is 0 Å². The van der Waals surface area contributed by atoms with Crippen molar-refractivity contribution in [2.75, 3.05) is 19.5 Å². The van der Waals surface area contributed by atoms with E-state index in [4.69, 9.17) is 9.47 Å². The van der Waals surface area contributed by atoms with E-state index in [1.54, 1.807) is 55.6 Å². The molecule has 1 unspecified atom stereocenters. The summed E-state index contributed by atoms with van der Waals surface area (Å²) in [7, 11) is 3.09. The van der Waals surface area contributed by atoms with Crippen LogP contribution in [0.1, 0.15) is 17.9 Å². The molecule has 0 spiro atoms. The molecule has 2 N–H and O–H groups in total. The summed E-state index contributed by atoms with van der Waals surface area (Å²) in [5.41, 5.74) is 1.13. The summed E-state index contributed by atoms with van der Waals surface area (Å²) in [5.74, 6) is -1.04. The van der Waals surface area contributed by atoms with E-state index in [1.165, 1.54) is 7.11 Å². The molecule has 0 aromatic heterocycles. The number of hydrogen-bond donors (Lipinski definition) is 2. The maximum atomic E-state index is 12.1. The van der Waals surface area contributed by atoms with Crippen LogP contribution in [0.15, 0.2) is 48.5 Å². The van der Waals surface area contributed by atoms with Gasteiger partial charge >= 0.3 is 5.97 Å². The number of benzene rings is 2. The van der Waals surface area contributed by atoms with Crippen LogP contribution in [-0.2, 0) is 9.59 Å². The fourth-order valence-electron chi connectivity index (χ4n) is 2.26. The fourth-order valence-corrected chi connectivity index (χ4v) is 2.26. The Kier molecular flexibility index (Phi) is 5.78. The van der Waals surface area contributed by atoms with E-state index in [0.717, 1.165) is 0 Å². The summed E-state index contributed by atoms with van der Waals surface area (Å²) < 4.78 is 10.1. The molecule has 0 radical (unpaired) electrons. The number of hydrogen-bond acceptors (Lipinski definition) is 4. The molecule has 0 aliphatic carbocycles. The Balaban J connectivity index is 2.05. The number of carboxylic acids is 1. The third kappa shape index (κ3) is 4.49. The Morgan fingerprint density at radius 2 is 1.46 bits per heavy atom. The lowest BCUT2D eigenvalue weighted by Gasteiger charge is -2.13. The van der Waals surface area contributed by atoms with Crippen molar-refractivity contribution in [3.05, 3.63) is 54.1 Å². The molecule has 2 aromatic rings. The van der Waals surface area contributed by atoms with Gasteiger partial charge in [0.15, 0.2) is 0 Å². The van der Waals surface area contributed by atoms with E-state index in [0.29, 0.717) is 22.7 Å². The van der Waals surface area contributed by atoms with Crippen LogP contribution in [0, 0.1) is 0 Å². The van der Waals surface area contributed by atoms with Gasteiger partial charge in [0.1, 0.15) is 11.5 Å². The highest BCUT2D eigenvalue weighted by atomic mass is 16.5. The van der Waals surface area contributed by atoms with Crippen molar-refractivity contribution in [2.45, 2.75) is 12.3 Å². The molecule has 0 saturated heterocycles. The Hall–Kier alpha value is -3.02. The molecule has 1 atom stereocenters. The van der Waals surface area contributed by atoms with E-state index in [1.807, 2.05) is 0 Å². The van der Waals surface area contributed by atoms with Gasteiger partial charge in [0.2, 0.25) is 5.91 Å². The third-order valence-corrected chi connectivity index (χ3v) is 3.58. The lowest BCUT2D eigenvalue weighted by atomic mass is 9.95. The van der Waals surface area contributed by atoms with Gasteiger partial charge in [0.05, 0.1) is 20.1 Å². The molecule has 126 valence electrons. The Morgan fingerprint density at radius 1 is 0.958 bits per heavy atom. The van der Waals surface area contributed by atoms with Crippen LogP contribution in [0.2, 0.25) is 0 Å². The summed E-state index contributed by atoms with van der Waals surface area (Å²) in [6.45, 7) is 0. The highest BCUT2D eigenvalue weighted by Crippen LogP contribution is 2.24. The Bertz CT molecular complexity index is 694. The maximum Gasteiger partial charge on any atom is 0.311 e. The zero-order chi connectivity index (χ0) is 17.5. The molecule has 2 aromatic carbocycles. The van der Waals surface area contributed by atoms with Gasteiger partial charge in [-0.15, -0.1) is 0 Å². The van der Waals surface area contributed by atoms with Crippen molar-refractivity contribution < 1.29 is 24.2 Å². The van der Waals surface area contributed by atoms with Crippen LogP contribution in [0.25, 0.3) is 0 Å². The summed E-state index contributed by atoms with van der Waals surface area (Å²) in [4.78, 5) is 23.6. The molecule has 0 saturated carbocycles. The molecule has 1 amide bonds. The molecule has 0 aliphatic heterocycles. The quantitative estimate of drug-likeness (QED) is 0.816. The zero-order valence-corrected chi connectivity index (χ0v) is 13.5. The summed E-state index contributed by atoms with van der Waals surface area (Å²) >= 11 is 0. The largest absolute Gasteiger partial charge is 0.497 e. The topological polar surface area (TPSA) is 84.9 Å². The van der Waals surface area contributed by atoms with E-state index >= 15 is 0 Å². The highest BCUT2D eigenvalue weighted by molar-refractivity contribution is 5.94. The number of carbonyl (C=O) groups excluding carboxylic acids is 1. The van der Waals surface area contributed by atoms with Gasteiger partial charge in [-0.25, -0.2) is 0 Å². The number of ether oxygens (including phenoxy) is 2. The average Bonchev–Trinajstić information content (AvgIpc) is 2.60. The molecule has 6 heteroatoms. The second-order valence-corrected chi connectivity index (χ2v) is 5.14. The van der Waals surface area contributed by atoms with Crippen LogP contribution >= 0.6 is 0 Å². The van der Waals surface area contributed by atoms with Crippen molar-refractivity contribution >= 4 is 17.6 Å². The Morgan fingerprint density at radius 3 is 1.92 bits per heavy atom. The van der Waals surface area contributed by atoms with Crippen molar-refractivity contribution in [1.29, 1.82) is 0 Å². The number of methoxy groups -OCH3 is 2. The third-order valence-electron chi connectivity index (χ3n) is 3.58. The normalized spacial score (nSPS) is 11.4. The predicted molar refractivity (Wildman–Crippen MR) is 89.6 cm³/mol. The van der Waals surface area contributed by atoms with E-state index in [-0.39, 0.29) is 12.3 Å². The first kappa shape index (κ1) is 17.3. The minimum atomic E-state index is -1.05. The second-order valence-electron chi connectivity index (χ2n) is 5.14. The van der Waals surface area contributed by atoms with Crippen molar-refractivity contribution in [3.63, 3.8) is 0 Å². The van der Waals surface area contributed by atoms with Crippen LogP contribution in [-0.4, -0.2) is 31.2 Å². The number of carbonyl (C=O) groups is 2. The van der Waals surface area contributed by atoms with Crippen LogP contribution in [0.4, 0.5) is 5.69 Å². The van der Waals surface area contributed by atoms with Gasteiger partial charge in [-0.1, -0.05) is 12.1 Å². The van der Waals surface area contributed by atoms with Gasteiger partial charge in [-0.05, 0) is 42.0 Å². The number of amides is 1. The van der Waals surface area contributed by atoms with Crippen LogP contribution < -0.4 is 14.8 Å². The standard InChI is InChI=1S/C18H19NO5/c1-23-14-7-3-12(4-8-14)16(18(21)22)11-17(20)19-13-5-9-15(24-2)10-6-13/h3-10,16H,11H2,1-2H3,(H,19,20)(H,21,22). The highest BCUT2D eigenvalue weighted by Gasteiger charge is 2.23. The number of aliphatic carboxylic acids is 1. The molecular formula is C18H19NO5. The van der Waals surface area contributed by atoms with Gasteiger partial charge in [0.25, 0.3) is 0 Å². The van der Waals surface area contributed by atoms with Gasteiger partial charge in [-0.3, -0.25) is 9.59 Å². The summed E-state index contributed by atoms with van der Waals surface area (Å²) in [6, 6.07) is 13.5. The number of nitrogens with one attached hydrogen (secondary N) is 1. The lowest BCUT2D eigenvalue weighted by molar-refractivity contribution is -0.140. The second kappa shape index (κ2) is 8.01. The van der Waals surface area contributed by atoms with Gasteiger partial charge in [0, 0.05) is 12.1 Å². The first-order chi connectivity index (χ1) is 11.5. The Labute approximate surface area is 140 Å². The number of carboxylic acid groups (broad SMARTS) is 1. The fraction of sp³-hybridized carbons (Fsp3) is 0.222. The maximum absolute atomic E-state index is 12.1. The van der Waals surface area contributed by atoms with Crippen LogP contribution in [0.5, 0.6) is 11.5 Å². The molecule has 0 aliphatic rings.